The van der Waals surface area contributed by atoms with Crippen molar-refractivity contribution < 1.29 is 23.1 Å². The molecule has 1 aromatic heterocycles. The lowest BCUT2D eigenvalue weighted by Crippen LogP contribution is -2.47. The summed E-state index contributed by atoms with van der Waals surface area (Å²) in [5.41, 5.74) is -1.75. The standard InChI is InChI=1S/C12H10F3NO2S/c13-12(14,15)11(4-5-11)16-10(18)9-8(2-1-6-17)3-7-19-9/h3,7,17H,4-6H2,(H,16,18). The van der Waals surface area contributed by atoms with Crippen molar-refractivity contribution in [3.63, 3.8) is 0 Å². The Labute approximate surface area is 111 Å². The van der Waals surface area contributed by atoms with E-state index in [1.807, 2.05) is 5.32 Å². The zero-order valence-electron chi connectivity index (χ0n) is 9.67. The van der Waals surface area contributed by atoms with Gasteiger partial charge < -0.3 is 10.4 Å². The molecule has 1 fully saturated rings. The molecular formula is C12H10F3NO2S. The van der Waals surface area contributed by atoms with E-state index in [9.17, 15) is 18.0 Å². The molecule has 3 nitrogen and oxygen atoms in total. The molecule has 0 aliphatic heterocycles. The van der Waals surface area contributed by atoms with Crippen LogP contribution < -0.4 is 5.32 Å². The molecule has 2 rings (SSSR count). The number of carbonyl (C=O) groups excluding carboxylic acids is 1. The summed E-state index contributed by atoms with van der Waals surface area (Å²) in [6.45, 7) is -0.372. The van der Waals surface area contributed by atoms with Crippen molar-refractivity contribution in [2.45, 2.75) is 24.6 Å². The largest absolute Gasteiger partial charge is 0.411 e. The minimum absolute atomic E-state index is 0.0920. The van der Waals surface area contributed by atoms with Crippen molar-refractivity contribution in [2.75, 3.05) is 6.61 Å². The third-order valence-electron chi connectivity index (χ3n) is 2.82. The summed E-state index contributed by atoms with van der Waals surface area (Å²) in [7, 11) is 0. The van der Waals surface area contributed by atoms with Crippen molar-refractivity contribution in [1.29, 1.82) is 0 Å². The molecule has 0 atom stereocenters. The van der Waals surface area contributed by atoms with Crippen molar-refractivity contribution >= 4 is 17.2 Å². The van der Waals surface area contributed by atoms with Gasteiger partial charge in [0.2, 0.25) is 0 Å². The SMILES string of the molecule is O=C(NC1(C(F)(F)F)CC1)c1sccc1C#CCO. The second-order valence-corrected chi connectivity index (χ2v) is 5.07. The van der Waals surface area contributed by atoms with Crippen LogP contribution >= 0.6 is 11.3 Å². The van der Waals surface area contributed by atoms with Crippen LogP contribution in [0.25, 0.3) is 0 Å². The number of halogens is 3. The molecule has 19 heavy (non-hydrogen) atoms. The minimum atomic E-state index is -4.43. The molecule has 0 saturated heterocycles. The molecule has 2 N–H and O–H groups in total. The molecule has 1 heterocycles. The lowest BCUT2D eigenvalue weighted by Gasteiger charge is -2.20. The highest BCUT2D eigenvalue weighted by atomic mass is 32.1. The number of aliphatic hydroxyl groups is 1. The Morgan fingerprint density at radius 2 is 2.21 bits per heavy atom. The van der Waals surface area contributed by atoms with Gasteiger partial charge in [-0.3, -0.25) is 4.79 Å². The molecule has 0 unspecified atom stereocenters. The fraction of sp³-hybridized carbons (Fsp3) is 0.417. The first-order valence-corrected chi connectivity index (χ1v) is 6.34. The van der Waals surface area contributed by atoms with Gasteiger partial charge in [0.05, 0.1) is 0 Å². The Kier molecular flexibility index (Phi) is 3.56. The van der Waals surface area contributed by atoms with Crippen molar-refractivity contribution in [2.24, 2.45) is 0 Å². The second kappa shape index (κ2) is 4.87. The van der Waals surface area contributed by atoms with E-state index in [4.69, 9.17) is 5.11 Å². The van der Waals surface area contributed by atoms with E-state index in [1.165, 1.54) is 6.07 Å². The van der Waals surface area contributed by atoms with Crippen LogP contribution in [0.5, 0.6) is 0 Å². The molecule has 1 amide bonds. The Hall–Kier alpha value is -1.52. The number of alkyl halides is 3. The van der Waals surface area contributed by atoms with Crippen LogP contribution in [0, 0.1) is 11.8 Å². The van der Waals surface area contributed by atoms with E-state index in [2.05, 4.69) is 11.8 Å². The third-order valence-corrected chi connectivity index (χ3v) is 3.73. The van der Waals surface area contributed by atoms with Crippen LogP contribution in [-0.2, 0) is 0 Å². The first-order chi connectivity index (χ1) is 8.89. The van der Waals surface area contributed by atoms with E-state index < -0.39 is 17.6 Å². The summed E-state index contributed by atoms with van der Waals surface area (Å²) < 4.78 is 38.2. The lowest BCUT2D eigenvalue weighted by atomic mass is 10.2. The number of aliphatic hydroxyl groups excluding tert-OH is 1. The highest BCUT2D eigenvalue weighted by molar-refractivity contribution is 7.12. The summed E-state index contributed by atoms with van der Waals surface area (Å²) in [4.78, 5) is 12.0. The second-order valence-electron chi connectivity index (χ2n) is 4.16. The van der Waals surface area contributed by atoms with Crippen molar-refractivity contribution in [1.82, 2.24) is 5.32 Å². The van der Waals surface area contributed by atoms with Crippen LogP contribution in [0.1, 0.15) is 28.1 Å². The molecule has 1 saturated carbocycles. The first-order valence-electron chi connectivity index (χ1n) is 5.46. The predicted molar refractivity (Wildman–Crippen MR) is 63.8 cm³/mol. The van der Waals surface area contributed by atoms with E-state index in [-0.39, 0.29) is 24.3 Å². The summed E-state index contributed by atoms with van der Waals surface area (Å²) in [5.74, 6) is 4.13. The van der Waals surface area contributed by atoms with Crippen molar-refractivity contribution in [3.05, 3.63) is 21.9 Å². The Morgan fingerprint density at radius 3 is 2.74 bits per heavy atom. The van der Waals surface area contributed by atoms with Gasteiger partial charge in [-0.05, 0) is 24.3 Å². The van der Waals surface area contributed by atoms with Gasteiger partial charge in [0.1, 0.15) is 17.0 Å². The highest BCUT2D eigenvalue weighted by Crippen LogP contribution is 2.49. The fourth-order valence-corrected chi connectivity index (χ4v) is 2.34. The zero-order chi connectivity index (χ0) is 14.1. The summed E-state index contributed by atoms with van der Waals surface area (Å²) >= 11 is 1.02. The van der Waals surface area contributed by atoms with Gasteiger partial charge in [0.15, 0.2) is 0 Å². The number of hydrogen-bond acceptors (Lipinski definition) is 3. The van der Waals surface area contributed by atoms with Crippen LogP contribution in [0.15, 0.2) is 11.4 Å². The van der Waals surface area contributed by atoms with Crippen LogP contribution in [0.4, 0.5) is 13.2 Å². The maximum absolute atomic E-state index is 12.7. The minimum Gasteiger partial charge on any atom is -0.384 e. The smallest absolute Gasteiger partial charge is 0.384 e. The Bertz CT molecular complexity index is 549. The molecule has 0 aromatic carbocycles. The normalized spacial score (nSPS) is 16.4. The van der Waals surface area contributed by atoms with Crippen LogP contribution in [0.2, 0.25) is 0 Å². The Balaban J connectivity index is 2.16. The van der Waals surface area contributed by atoms with Gasteiger partial charge in [-0.1, -0.05) is 11.8 Å². The van der Waals surface area contributed by atoms with Gasteiger partial charge in [-0.2, -0.15) is 13.2 Å². The average Bonchev–Trinajstić information content (AvgIpc) is 2.97. The quantitative estimate of drug-likeness (QED) is 0.817. The Morgan fingerprint density at radius 1 is 1.53 bits per heavy atom. The summed E-state index contributed by atoms with van der Waals surface area (Å²) in [6, 6.07) is 1.54. The highest BCUT2D eigenvalue weighted by Gasteiger charge is 2.64. The molecule has 0 radical (unpaired) electrons. The molecule has 1 aliphatic rings. The monoisotopic (exact) mass is 289 g/mol. The number of hydrogen-bond donors (Lipinski definition) is 2. The number of carbonyl (C=O) groups is 1. The predicted octanol–water partition coefficient (Wildman–Crippen LogP) is 1.92. The van der Waals surface area contributed by atoms with E-state index in [1.54, 1.807) is 5.38 Å². The number of amides is 1. The van der Waals surface area contributed by atoms with Crippen LogP contribution in [0.3, 0.4) is 0 Å². The van der Waals surface area contributed by atoms with Gasteiger partial charge >= 0.3 is 6.18 Å². The molecular weight excluding hydrogens is 279 g/mol. The zero-order valence-corrected chi connectivity index (χ0v) is 10.5. The molecule has 1 aromatic rings. The molecule has 0 spiro atoms. The van der Waals surface area contributed by atoms with Crippen molar-refractivity contribution in [3.8, 4) is 11.8 Å². The van der Waals surface area contributed by atoms with E-state index in [0.717, 1.165) is 11.3 Å². The molecule has 102 valence electrons. The topological polar surface area (TPSA) is 49.3 Å². The maximum atomic E-state index is 12.7. The van der Waals surface area contributed by atoms with Gasteiger partial charge in [-0.15, -0.1) is 11.3 Å². The fourth-order valence-electron chi connectivity index (χ4n) is 1.60. The molecule has 1 aliphatic carbocycles. The van der Waals surface area contributed by atoms with Gasteiger partial charge in [0.25, 0.3) is 5.91 Å². The maximum Gasteiger partial charge on any atom is 0.411 e. The summed E-state index contributed by atoms with van der Waals surface area (Å²) in [6.07, 6.45) is -4.62. The van der Waals surface area contributed by atoms with E-state index >= 15 is 0 Å². The van der Waals surface area contributed by atoms with Gasteiger partial charge in [0, 0.05) is 5.56 Å². The first kappa shape index (κ1) is 13.9. The molecule has 7 heteroatoms. The number of rotatable bonds is 2. The average molecular weight is 289 g/mol. The van der Waals surface area contributed by atoms with E-state index in [0.29, 0.717) is 5.56 Å². The third kappa shape index (κ3) is 2.74. The summed E-state index contributed by atoms with van der Waals surface area (Å²) in [5, 5.41) is 12.2. The lowest BCUT2D eigenvalue weighted by molar-refractivity contribution is -0.163. The molecule has 0 bridgehead atoms. The van der Waals surface area contributed by atoms with Gasteiger partial charge in [-0.25, -0.2) is 0 Å². The van der Waals surface area contributed by atoms with Crippen LogP contribution in [-0.4, -0.2) is 29.3 Å². The number of thiophene rings is 1. The number of nitrogens with one attached hydrogen (secondary N) is 1.